The van der Waals surface area contributed by atoms with Crippen LogP contribution in [0.5, 0.6) is 5.75 Å². The normalized spacial score (nSPS) is 16.7. The predicted molar refractivity (Wildman–Crippen MR) is 106 cm³/mol. The van der Waals surface area contributed by atoms with Crippen LogP contribution in [0.1, 0.15) is 30.1 Å². The summed E-state index contributed by atoms with van der Waals surface area (Å²) in [6.07, 6.45) is 1.74. The van der Waals surface area contributed by atoms with Crippen LogP contribution in [-0.2, 0) is 14.8 Å². The highest BCUT2D eigenvalue weighted by Crippen LogP contribution is 2.21. The van der Waals surface area contributed by atoms with Gasteiger partial charge in [-0.1, -0.05) is 12.1 Å². The van der Waals surface area contributed by atoms with Gasteiger partial charge in [0.25, 0.3) is 5.91 Å². The topological polar surface area (TPSA) is 93.7 Å². The van der Waals surface area contributed by atoms with Gasteiger partial charge in [0.05, 0.1) is 23.2 Å². The Labute approximate surface area is 165 Å². The molecule has 0 bridgehead atoms. The third kappa shape index (κ3) is 5.09. The van der Waals surface area contributed by atoms with Crippen molar-refractivity contribution in [3.63, 3.8) is 0 Å². The Morgan fingerprint density at radius 1 is 1.18 bits per heavy atom. The van der Waals surface area contributed by atoms with Crippen LogP contribution in [0.15, 0.2) is 53.4 Å². The Morgan fingerprint density at radius 3 is 2.61 bits per heavy atom. The third-order valence-electron chi connectivity index (χ3n) is 4.38. The van der Waals surface area contributed by atoms with Gasteiger partial charge in [-0.2, -0.15) is 0 Å². The zero-order chi connectivity index (χ0) is 20.0. The molecule has 1 saturated heterocycles. The highest BCUT2D eigenvalue weighted by Gasteiger charge is 2.20. The summed E-state index contributed by atoms with van der Waals surface area (Å²) in [5.41, 5.74) is 0.911. The third-order valence-corrected chi connectivity index (χ3v) is 5.82. The Balaban J connectivity index is 1.64. The number of hydrogen-bond acceptors (Lipinski definition) is 5. The number of amides is 1. The molecule has 0 aromatic heterocycles. The molecular formula is C20H24N2O5S. The summed E-state index contributed by atoms with van der Waals surface area (Å²) < 4.78 is 38.2. The number of para-hydroxylation sites is 1. The van der Waals surface area contributed by atoms with E-state index in [9.17, 15) is 13.2 Å². The fourth-order valence-electron chi connectivity index (χ4n) is 2.94. The van der Waals surface area contributed by atoms with Crippen molar-refractivity contribution in [1.29, 1.82) is 0 Å². The first kappa shape index (κ1) is 20.3. The van der Waals surface area contributed by atoms with Crippen molar-refractivity contribution < 1.29 is 22.7 Å². The number of sulfonamides is 1. The standard InChI is InChI=1S/C20H24N2O5S/c1-2-26-19-8-4-3-7-18(19)20(23)22-15-9-11-17(12-10-15)28(24,25)21-14-16-6-5-13-27-16/h3-4,7-12,16,21H,2,5-6,13-14H2,1H3,(H,22,23). The molecule has 0 saturated carbocycles. The van der Waals surface area contributed by atoms with Crippen molar-refractivity contribution >= 4 is 21.6 Å². The number of anilines is 1. The Hall–Kier alpha value is -2.42. The summed E-state index contributed by atoms with van der Waals surface area (Å²) in [5, 5.41) is 2.76. The van der Waals surface area contributed by atoms with E-state index in [0.29, 0.717) is 30.2 Å². The van der Waals surface area contributed by atoms with Gasteiger partial charge in [-0.05, 0) is 56.2 Å². The number of hydrogen-bond donors (Lipinski definition) is 2. The molecule has 1 aliphatic rings. The molecule has 1 amide bonds. The maximum absolute atomic E-state index is 12.5. The van der Waals surface area contributed by atoms with E-state index in [-0.39, 0.29) is 23.5 Å². The highest BCUT2D eigenvalue weighted by molar-refractivity contribution is 7.89. The molecule has 0 spiro atoms. The van der Waals surface area contributed by atoms with Gasteiger partial charge < -0.3 is 14.8 Å². The molecule has 28 heavy (non-hydrogen) atoms. The van der Waals surface area contributed by atoms with Crippen LogP contribution < -0.4 is 14.8 Å². The lowest BCUT2D eigenvalue weighted by atomic mass is 10.2. The summed E-state index contributed by atoms with van der Waals surface area (Å²) in [6.45, 7) is 3.23. The average Bonchev–Trinajstić information content (AvgIpc) is 3.21. The van der Waals surface area contributed by atoms with Crippen molar-refractivity contribution in [3.05, 3.63) is 54.1 Å². The average molecular weight is 404 g/mol. The maximum atomic E-state index is 12.5. The van der Waals surface area contributed by atoms with E-state index in [2.05, 4.69) is 10.0 Å². The Kier molecular flexibility index (Phi) is 6.66. The van der Waals surface area contributed by atoms with Gasteiger partial charge in [0, 0.05) is 18.8 Å². The molecule has 2 N–H and O–H groups in total. The summed E-state index contributed by atoms with van der Waals surface area (Å²) in [5.74, 6) is 0.177. The van der Waals surface area contributed by atoms with Gasteiger partial charge >= 0.3 is 0 Å². The number of nitrogens with one attached hydrogen (secondary N) is 2. The smallest absolute Gasteiger partial charge is 0.259 e. The van der Waals surface area contributed by atoms with E-state index in [1.807, 2.05) is 6.92 Å². The monoisotopic (exact) mass is 404 g/mol. The molecule has 150 valence electrons. The first-order valence-corrected chi connectivity index (χ1v) is 10.7. The molecule has 7 nitrogen and oxygen atoms in total. The van der Waals surface area contributed by atoms with Crippen molar-refractivity contribution in [1.82, 2.24) is 4.72 Å². The van der Waals surface area contributed by atoms with E-state index in [4.69, 9.17) is 9.47 Å². The molecule has 1 fully saturated rings. The minimum absolute atomic E-state index is 0.0706. The van der Waals surface area contributed by atoms with Crippen molar-refractivity contribution in [2.75, 3.05) is 25.1 Å². The van der Waals surface area contributed by atoms with Crippen molar-refractivity contribution in [2.24, 2.45) is 0 Å². The van der Waals surface area contributed by atoms with Gasteiger partial charge in [-0.25, -0.2) is 13.1 Å². The second-order valence-electron chi connectivity index (χ2n) is 6.39. The fraction of sp³-hybridized carbons (Fsp3) is 0.350. The molecule has 0 aliphatic carbocycles. The van der Waals surface area contributed by atoms with Crippen molar-refractivity contribution in [2.45, 2.75) is 30.8 Å². The maximum Gasteiger partial charge on any atom is 0.259 e. The molecule has 1 unspecified atom stereocenters. The van der Waals surface area contributed by atoms with Crippen molar-refractivity contribution in [3.8, 4) is 5.75 Å². The van der Waals surface area contributed by atoms with Crippen LogP contribution in [0.4, 0.5) is 5.69 Å². The fourth-order valence-corrected chi connectivity index (χ4v) is 4.01. The predicted octanol–water partition coefficient (Wildman–Crippen LogP) is 2.79. The van der Waals surface area contributed by atoms with Crippen LogP contribution in [0.3, 0.4) is 0 Å². The lowest BCUT2D eigenvalue weighted by molar-refractivity contribution is 0.102. The lowest BCUT2D eigenvalue weighted by Gasteiger charge is -2.12. The van der Waals surface area contributed by atoms with Crippen LogP contribution in [0, 0.1) is 0 Å². The Bertz CT molecular complexity index is 906. The number of carbonyl (C=O) groups excluding carboxylic acids is 1. The second-order valence-corrected chi connectivity index (χ2v) is 8.16. The summed E-state index contributed by atoms with van der Waals surface area (Å²) >= 11 is 0. The first-order valence-electron chi connectivity index (χ1n) is 9.24. The quantitative estimate of drug-likeness (QED) is 0.706. The molecule has 1 heterocycles. The van der Waals surface area contributed by atoms with E-state index in [1.165, 1.54) is 12.1 Å². The van der Waals surface area contributed by atoms with E-state index >= 15 is 0 Å². The Morgan fingerprint density at radius 2 is 1.93 bits per heavy atom. The van der Waals surface area contributed by atoms with Gasteiger partial charge in [0.1, 0.15) is 5.75 Å². The molecular weight excluding hydrogens is 380 g/mol. The summed E-state index contributed by atoms with van der Waals surface area (Å²) in [6, 6.07) is 13.0. The minimum atomic E-state index is -3.62. The van der Waals surface area contributed by atoms with Gasteiger partial charge in [-0.15, -0.1) is 0 Å². The zero-order valence-corrected chi connectivity index (χ0v) is 16.5. The molecule has 3 rings (SSSR count). The summed E-state index contributed by atoms with van der Waals surface area (Å²) in [4.78, 5) is 12.6. The van der Waals surface area contributed by atoms with Crippen LogP contribution in [-0.4, -0.2) is 40.2 Å². The van der Waals surface area contributed by atoms with Crippen LogP contribution in [0.25, 0.3) is 0 Å². The lowest BCUT2D eigenvalue weighted by Crippen LogP contribution is -2.31. The number of rotatable bonds is 8. The molecule has 8 heteroatoms. The van der Waals surface area contributed by atoms with Crippen LogP contribution in [0.2, 0.25) is 0 Å². The zero-order valence-electron chi connectivity index (χ0n) is 15.7. The van der Waals surface area contributed by atoms with E-state index in [1.54, 1.807) is 36.4 Å². The minimum Gasteiger partial charge on any atom is -0.493 e. The van der Waals surface area contributed by atoms with Gasteiger partial charge in [0.2, 0.25) is 10.0 Å². The number of benzene rings is 2. The van der Waals surface area contributed by atoms with Gasteiger partial charge in [-0.3, -0.25) is 4.79 Å². The van der Waals surface area contributed by atoms with E-state index in [0.717, 1.165) is 12.8 Å². The summed E-state index contributed by atoms with van der Waals surface area (Å²) in [7, 11) is -3.62. The SMILES string of the molecule is CCOc1ccccc1C(=O)Nc1ccc(S(=O)(=O)NCC2CCCO2)cc1. The molecule has 2 aromatic carbocycles. The molecule has 1 aliphatic heterocycles. The number of ether oxygens (including phenoxy) is 2. The van der Waals surface area contributed by atoms with Gasteiger partial charge in [0.15, 0.2) is 0 Å². The second kappa shape index (κ2) is 9.18. The highest BCUT2D eigenvalue weighted by atomic mass is 32.2. The van der Waals surface area contributed by atoms with Crippen LogP contribution >= 0.6 is 0 Å². The first-order chi connectivity index (χ1) is 13.5. The molecule has 2 aromatic rings. The largest absolute Gasteiger partial charge is 0.493 e. The molecule has 1 atom stereocenters. The number of carbonyl (C=O) groups is 1. The van der Waals surface area contributed by atoms with E-state index < -0.39 is 10.0 Å². The molecule has 0 radical (unpaired) electrons.